The lowest BCUT2D eigenvalue weighted by Gasteiger charge is -2.28. The Morgan fingerprint density at radius 1 is 1.35 bits per heavy atom. The number of hydrogen-bond acceptors (Lipinski definition) is 1. The Balaban J connectivity index is 2.16. The monoisotopic (exact) mass is 229 g/mol. The lowest BCUT2D eigenvalue weighted by molar-refractivity contribution is 0.439. The predicted molar refractivity (Wildman–Crippen MR) is 74.2 cm³/mol. The van der Waals surface area contributed by atoms with Crippen molar-refractivity contribution in [2.24, 2.45) is 0 Å². The molecule has 1 aromatic carbocycles. The van der Waals surface area contributed by atoms with Gasteiger partial charge < -0.3 is 5.32 Å². The van der Waals surface area contributed by atoms with Crippen LogP contribution in [0.5, 0.6) is 0 Å². The Hall–Kier alpha value is -1.08. The first-order valence-corrected chi connectivity index (χ1v) is 6.62. The van der Waals surface area contributed by atoms with E-state index in [1.165, 1.54) is 24.0 Å². The molecular weight excluding hydrogens is 206 g/mol. The van der Waals surface area contributed by atoms with Crippen LogP contribution in [-0.2, 0) is 5.41 Å². The van der Waals surface area contributed by atoms with Crippen molar-refractivity contribution >= 4 is 0 Å². The van der Waals surface area contributed by atoms with Crippen LogP contribution in [0.4, 0.5) is 0 Å². The summed E-state index contributed by atoms with van der Waals surface area (Å²) in [6.07, 6.45) is 4.80. The summed E-state index contributed by atoms with van der Waals surface area (Å²) in [5.74, 6) is 0. The van der Waals surface area contributed by atoms with Gasteiger partial charge in [0.05, 0.1) is 0 Å². The van der Waals surface area contributed by atoms with Crippen molar-refractivity contribution in [2.45, 2.75) is 44.1 Å². The summed E-state index contributed by atoms with van der Waals surface area (Å²) in [5, 5.41) is 3.51. The maximum Gasteiger partial charge on any atom is 0.0198 e. The highest BCUT2D eigenvalue weighted by Crippen LogP contribution is 2.52. The highest BCUT2D eigenvalue weighted by molar-refractivity contribution is 5.34. The topological polar surface area (TPSA) is 12.0 Å². The normalized spacial score (nSPS) is 18.7. The minimum absolute atomic E-state index is 0.369. The van der Waals surface area contributed by atoms with Gasteiger partial charge in [0.1, 0.15) is 0 Å². The molecular formula is C16H23N. The molecule has 1 aliphatic carbocycles. The molecule has 0 amide bonds. The zero-order valence-corrected chi connectivity index (χ0v) is 11.0. The van der Waals surface area contributed by atoms with Gasteiger partial charge in [-0.2, -0.15) is 0 Å². The Morgan fingerprint density at radius 3 is 2.47 bits per heavy atom. The third kappa shape index (κ3) is 2.44. The molecule has 1 atom stereocenters. The van der Waals surface area contributed by atoms with E-state index in [1.807, 2.05) is 0 Å². The van der Waals surface area contributed by atoms with Gasteiger partial charge in [0.25, 0.3) is 0 Å². The summed E-state index contributed by atoms with van der Waals surface area (Å²) in [5.41, 5.74) is 3.21. The third-order valence-corrected chi connectivity index (χ3v) is 4.15. The van der Waals surface area contributed by atoms with Crippen LogP contribution in [0.1, 0.15) is 38.2 Å². The predicted octanol–water partition coefficient (Wildman–Crippen LogP) is 3.66. The zero-order valence-electron chi connectivity index (χ0n) is 11.0. The van der Waals surface area contributed by atoms with Crippen molar-refractivity contribution in [1.29, 1.82) is 0 Å². The van der Waals surface area contributed by atoms with E-state index < -0.39 is 0 Å². The van der Waals surface area contributed by atoms with Crippen molar-refractivity contribution in [2.75, 3.05) is 7.05 Å². The molecule has 0 aromatic heterocycles. The lowest BCUT2D eigenvalue weighted by Crippen LogP contribution is -2.38. The van der Waals surface area contributed by atoms with Crippen LogP contribution in [0.15, 0.2) is 42.5 Å². The van der Waals surface area contributed by atoms with Gasteiger partial charge in [0.15, 0.2) is 0 Å². The van der Waals surface area contributed by atoms with Crippen LogP contribution >= 0.6 is 0 Å². The standard InChI is InChI=1S/C16H23N/c1-4-13(2)12-15(17-3)16(10-11-16)14-8-6-5-7-9-14/h5-9,15,17H,2,4,10-12H2,1,3H3. The number of benzene rings is 1. The van der Waals surface area contributed by atoms with Gasteiger partial charge in [-0.15, -0.1) is 0 Å². The second kappa shape index (κ2) is 5.05. The molecule has 0 heterocycles. The summed E-state index contributed by atoms with van der Waals surface area (Å²) in [6, 6.07) is 11.5. The highest BCUT2D eigenvalue weighted by atomic mass is 14.9. The van der Waals surface area contributed by atoms with Crippen LogP contribution in [0.2, 0.25) is 0 Å². The average Bonchev–Trinajstić information content (AvgIpc) is 3.18. The molecule has 1 nitrogen and oxygen atoms in total. The molecule has 1 N–H and O–H groups in total. The molecule has 0 spiro atoms. The van der Waals surface area contributed by atoms with E-state index >= 15 is 0 Å². The molecule has 2 rings (SSSR count). The summed E-state index contributed by atoms with van der Waals surface area (Å²) in [7, 11) is 2.08. The second-order valence-corrected chi connectivity index (χ2v) is 5.17. The molecule has 1 fully saturated rings. The molecule has 1 aliphatic rings. The van der Waals surface area contributed by atoms with Gasteiger partial charge in [-0.25, -0.2) is 0 Å². The van der Waals surface area contributed by atoms with Gasteiger partial charge in [-0.05, 0) is 38.3 Å². The summed E-state index contributed by atoms with van der Waals surface area (Å²) >= 11 is 0. The molecule has 1 saturated carbocycles. The molecule has 0 bridgehead atoms. The molecule has 1 aromatic rings. The van der Waals surface area contributed by atoms with E-state index in [9.17, 15) is 0 Å². The van der Waals surface area contributed by atoms with E-state index in [0.717, 1.165) is 12.8 Å². The van der Waals surface area contributed by atoms with Crippen LogP contribution in [0.25, 0.3) is 0 Å². The smallest absolute Gasteiger partial charge is 0.0198 e. The molecule has 17 heavy (non-hydrogen) atoms. The Bertz CT molecular complexity index is 376. The summed E-state index contributed by atoms with van der Waals surface area (Å²) in [4.78, 5) is 0. The first-order chi connectivity index (χ1) is 8.23. The molecule has 0 saturated heterocycles. The van der Waals surface area contributed by atoms with E-state index in [-0.39, 0.29) is 0 Å². The van der Waals surface area contributed by atoms with Crippen LogP contribution in [0, 0.1) is 0 Å². The fraction of sp³-hybridized carbons (Fsp3) is 0.500. The van der Waals surface area contributed by atoms with Crippen LogP contribution in [-0.4, -0.2) is 13.1 Å². The molecule has 1 heteroatoms. The first kappa shape index (κ1) is 12.4. The minimum atomic E-state index is 0.369. The molecule has 0 radical (unpaired) electrons. The van der Waals surface area contributed by atoms with Crippen molar-refractivity contribution < 1.29 is 0 Å². The van der Waals surface area contributed by atoms with E-state index in [1.54, 1.807) is 0 Å². The average molecular weight is 229 g/mol. The third-order valence-electron chi connectivity index (χ3n) is 4.15. The van der Waals surface area contributed by atoms with Crippen molar-refractivity contribution in [3.05, 3.63) is 48.0 Å². The summed E-state index contributed by atoms with van der Waals surface area (Å²) in [6.45, 7) is 6.35. The number of rotatable bonds is 6. The van der Waals surface area contributed by atoms with Crippen molar-refractivity contribution in [1.82, 2.24) is 5.32 Å². The van der Waals surface area contributed by atoms with E-state index in [0.29, 0.717) is 11.5 Å². The van der Waals surface area contributed by atoms with Gasteiger partial charge in [0, 0.05) is 11.5 Å². The van der Waals surface area contributed by atoms with Crippen LogP contribution in [0.3, 0.4) is 0 Å². The minimum Gasteiger partial charge on any atom is -0.316 e. The molecule has 92 valence electrons. The zero-order chi connectivity index (χ0) is 12.3. The highest BCUT2D eigenvalue weighted by Gasteiger charge is 2.49. The Labute approximate surface area is 105 Å². The van der Waals surface area contributed by atoms with Crippen molar-refractivity contribution in [3.8, 4) is 0 Å². The van der Waals surface area contributed by atoms with E-state index in [4.69, 9.17) is 0 Å². The summed E-state index contributed by atoms with van der Waals surface area (Å²) < 4.78 is 0. The van der Waals surface area contributed by atoms with Crippen molar-refractivity contribution in [3.63, 3.8) is 0 Å². The van der Waals surface area contributed by atoms with Gasteiger partial charge >= 0.3 is 0 Å². The van der Waals surface area contributed by atoms with Gasteiger partial charge in [0.2, 0.25) is 0 Å². The molecule has 1 unspecified atom stereocenters. The molecule has 0 aliphatic heterocycles. The largest absolute Gasteiger partial charge is 0.316 e. The Kier molecular flexibility index (Phi) is 3.68. The number of hydrogen-bond donors (Lipinski definition) is 1. The maximum atomic E-state index is 4.16. The number of nitrogens with one attached hydrogen (secondary N) is 1. The Morgan fingerprint density at radius 2 is 2.00 bits per heavy atom. The maximum absolute atomic E-state index is 4.16. The SMILES string of the molecule is C=C(CC)CC(NC)C1(c2ccccc2)CC1. The lowest BCUT2D eigenvalue weighted by atomic mass is 9.84. The van der Waals surface area contributed by atoms with Gasteiger partial charge in [-0.1, -0.05) is 49.4 Å². The number of likely N-dealkylation sites (N-methyl/N-ethyl adjacent to an activating group) is 1. The fourth-order valence-corrected chi connectivity index (χ4v) is 2.75. The quantitative estimate of drug-likeness (QED) is 0.734. The second-order valence-electron chi connectivity index (χ2n) is 5.17. The van der Waals surface area contributed by atoms with E-state index in [2.05, 4.69) is 56.2 Å². The fourth-order valence-electron chi connectivity index (χ4n) is 2.75. The van der Waals surface area contributed by atoms with Gasteiger partial charge in [-0.3, -0.25) is 0 Å². The first-order valence-electron chi connectivity index (χ1n) is 6.62. The van der Waals surface area contributed by atoms with Crippen LogP contribution < -0.4 is 5.32 Å².